The van der Waals surface area contributed by atoms with Gasteiger partial charge in [0, 0.05) is 17.2 Å². The van der Waals surface area contributed by atoms with Gasteiger partial charge >= 0.3 is 11.8 Å². The molecule has 1 N–H and O–H groups in total. The average molecular weight is 381 g/mol. The van der Waals surface area contributed by atoms with Gasteiger partial charge in [-0.25, -0.2) is 9.24 Å². The topological polar surface area (TPSA) is 50.9 Å². The number of carbonyl (C=O) groups excluding carboxylic acids is 1. The number of benzene rings is 2. The van der Waals surface area contributed by atoms with E-state index < -0.39 is 52.2 Å². The molecule has 4 nitrogen and oxygen atoms in total. The Morgan fingerprint density at radius 3 is 2.52 bits per heavy atom. The number of rotatable bonds is 2. The number of ether oxygens (including phenoxy) is 1. The Bertz CT molecular complexity index is 1060. The third-order valence-corrected chi connectivity index (χ3v) is 4.74. The average Bonchev–Trinajstić information content (AvgIpc) is 2.92. The summed E-state index contributed by atoms with van der Waals surface area (Å²) >= 11 is 0. The van der Waals surface area contributed by atoms with Crippen molar-refractivity contribution in [1.82, 2.24) is 0 Å². The van der Waals surface area contributed by atoms with Crippen LogP contribution >= 0.6 is 0 Å². The number of aliphatic hydroxyl groups is 1. The van der Waals surface area contributed by atoms with Crippen molar-refractivity contribution in [3.05, 3.63) is 64.3 Å². The molecule has 2 aromatic carbocycles. The molecular weight excluding hydrogens is 373 g/mol. The van der Waals surface area contributed by atoms with Gasteiger partial charge < -0.3 is 9.84 Å². The van der Waals surface area contributed by atoms with Crippen molar-refractivity contribution in [2.75, 3.05) is 0 Å². The number of carbonyl (C=O) groups is 1. The van der Waals surface area contributed by atoms with Crippen molar-refractivity contribution in [2.45, 2.75) is 23.9 Å². The molecule has 138 valence electrons. The second kappa shape index (κ2) is 5.04. The summed E-state index contributed by atoms with van der Waals surface area (Å²) in [4.78, 5) is 15.3. The van der Waals surface area contributed by atoms with E-state index in [1.807, 2.05) is 0 Å². The predicted octanol–water partition coefficient (Wildman–Crippen LogP) is 4.68. The quantitative estimate of drug-likeness (QED) is 0.607. The summed E-state index contributed by atoms with van der Waals surface area (Å²) in [5, 5.41) is 10.2. The van der Waals surface area contributed by atoms with Crippen molar-refractivity contribution < 1.29 is 36.6 Å². The van der Waals surface area contributed by atoms with Gasteiger partial charge in [-0.3, -0.25) is 4.79 Å². The maximum atomic E-state index is 14.2. The molecule has 0 heterocycles. The summed E-state index contributed by atoms with van der Waals surface area (Å²) in [7, 11) is 0. The van der Waals surface area contributed by atoms with Gasteiger partial charge in [0.25, 0.3) is 0 Å². The fourth-order valence-corrected chi connectivity index (χ4v) is 3.54. The van der Waals surface area contributed by atoms with Gasteiger partial charge in [0.2, 0.25) is 0 Å². The Kier molecular flexibility index (Phi) is 3.26. The van der Waals surface area contributed by atoms with E-state index in [1.165, 1.54) is 0 Å². The Morgan fingerprint density at radius 1 is 1.15 bits per heavy atom. The van der Waals surface area contributed by atoms with Crippen LogP contribution in [0.2, 0.25) is 0 Å². The van der Waals surface area contributed by atoms with E-state index in [0.29, 0.717) is 6.07 Å². The number of alkyl halides is 4. The molecule has 4 rings (SSSR count). The standard InChI is InChI=1S/C18H8F5NO3/c1-24-9-4-8(19)5-10(6-9)27-13-3-2-11-15-14(13)12(25)7-16(15,26)18(22,23)17(11,20)21/h2-6,26H,7H2/t16-/m1/s1. The first-order chi connectivity index (χ1) is 12.5. The highest BCUT2D eigenvalue weighted by Gasteiger charge is 2.79. The molecular formula is C18H8F5NO3. The molecule has 2 aliphatic carbocycles. The zero-order chi connectivity index (χ0) is 19.8. The van der Waals surface area contributed by atoms with Gasteiger partial charge in [0.15, 0.2) is 17.1 Å². The van der Waals surface area contributed by atoms with Crippen LogP contribution < -0.4 is 4.74 Å². The fraction of sp³-hybridized carbons (Fsp3) is 0.222. The Morgan fingerprint density at radius 2 is 1.85 bits per heavy atom. The van der Waals surface area contributed by atoms with Crippen LogP contribution in [0.3, 0.4) is 0 Å². The lowest BCUT2D eigenvalue weighted by atomic mass is 9.95. The molecule has 9 heteroatoms. The summed E-state index contributed by atoms with van der Waals surface area (Å²) in [5.74, 6) is -12.0. The van der Waals surface area contributed by atoms with Crippen molar-refractivity contribution >= 4 is 11.5 Å². The first-order valence-electron chi connectivity index (χ1n) is 7.58. The number of ketones is 1. The highest BCUT2D eigenvalue weighted by Crippen LogP contribution is 2.65. The summed E-state index contributed by atoms with van der Waals surface area (Å²) in [5.41, 5.74) is -6.09. The number of Topliss-reactive ketones (excluding diaryl/α,β-unsaturated/α-hetero) is 1. The second-order valence-electron chi connectivity index (χ2n) is 6.33. The zero-order valence-corrected chi connectivity index (χ0v) is 13.2. The second-order valence-corrected chi connectivity index (χ2v) is 6.33. The molecule has 0 aromatic heterocycles. The number of hydrogen-bond donors (Lipinski definition) is 1. The van der Waals surface area contributed by atoms with Crippen molar-refractivity contribution in [3.63, 3.8) is 0 Å². The summed E-state index contributed by atoms with van der Waals surface area (Å²) in [6.07, 6.45) is -1.23. The Labute approximate surface area is 148 Å². The highest BCUT2D eigenvalue weighted by atomic mass is 19.3. The van der Waals surface area contributed by atoms with E-state index >= 15 is 0 Å². The maximum absolute atomic E-state index is 14.2. The number of hydrogen-bond acceptors (Lipinski definition) is 3. The molecule has 0 saturated carbocycles. The van der Waals surface area contributed by atoms with Gasteiger partial charge in [-0.05, 0) is 24.3 Å². The van der Waals surface area contributed by atoms with Crippen molar-refractivity contribution in [2.24, 2.45) is 0 Å². The van der Waals surface area contributed by atoms with Crippen molar-refractivity contribution in [3.8, 4) is 11.5 Å². The third-order valence-electron chi connectivity index (χ3n) is 4.74. The Balaban J connectivity index is 1.90. The number of nitrogens with zero attached hydrogens (tertiary/aromatic N) is 1. The first kappa shape index (κ1) is 17.4. The third kappa shape index (κ3) is 2.01. The molecule has 0 fully saturated rings. The molecule has 27 heavy (non-hydrogen) atoms. The van der Waals surface area contributed by atoms with Crippen LogP contribution in [0.15, 0.2) is 30.3 Å². The summed E-state index contributed by atoms with van der Waals surface area (Å²) in [6.45, 7) is 6.90. The van der Waals surface area contributed by atoms with Crippen LogP contribution in [-0.2, 0) is 11.5 Å². The minimum absolute atomic E-state index is 0.122. The smallest absolute Gasteiger partial charge is 0.347 e. The number of halogens is 5. The van der Waals surface area contributed by atoms with Crippen LogP contribution in [0, 0.1) is 12.4 Å². The van der Waals surface area contributed by atoms with Crippen LogP contribution in [0.25, 0.3) is 4.85 Å². The molecule has 2 aromatic rings. The Hall–Kier alpha value is -2.99. The summed E-state index contributed by atoms with van der Waals surface area (Å²) < 4.78 is 75.5. The largest absolute Gasteiger partial charge is 0.458 e. The predicted molar refractivity (Wildman–Crippen MR) is 80.9 cm³/mol. The van der Waals surface area contributed by atoms with Crippen LogP contribution in [0.5, 0.6) is 11.5 Å². The van der Waals surface area contributed by atoms with E-state index in [-0.39, 0.29) is 17.2 Å². The zero-order valence-electron chi connectivity index (χ0n) is 13.2. The maximum Gasteiger partial charge on any atom is 0.347 e. The molecule has 0 aliphatic heterocycles. The lowest BCUT2D eigenvalue weighted by Gasteiger charge is -2.29. The fourth-order valence-electron chi connectivity index (χ4n) is 3.54. The van der Waals surface area contributed by atoms with E-state index in [2.05, 4.69) is 4.85 Å². The SMILES string of the molecule is [C-]#[N+]c1cc(F)cc(Oc2ccc3c4c2C(=O)C[C@]4(O)C(F)(F)C3(F)F)c1. The molecule has 0 unspecified atom stereocenters. The van der Waals surface area contributed by atoms with Crippen molar-refractivity contribution in [1.29, 1.82) is 0 Å². The van der Waals surface area contributed by atoms with Gasteiger partial charge in [-0.2, -0.15) is 17.6 Å². The molecule has 0 spiro atoms. The normalized spacial score (nSPS) is 23.8. The molecule has 0 bridgehead atoms. The molecule has 0 saturated heterocycles. The van der Waals surface area contributed by atoms with Gasteiger partial charge in [0.05, 0.1) is 18.6 Å². The van der Waals surface area contributed by atoms with Gasteiger partial charge in [0.1, 0.15) is 17.3 Å². The molecule has 1 atom stereocenters. The molecule has 2 aliphatic rings. The van der Waals surface area contributed by atoms with Crippen LogP contribution in [-0.4, -0.2) is 16.8 Å². The van der Waals surface area contributed by atoms with Crippen LogP contribution in [0.1, 0.15) is 27.9 Å². The highest BCUT2D eigenvalue weighted by molar-refractivity contribution is 6.05. The lowest BCUT2D eigenvalue weighted by molar-refractivity contribution is -0.283. The minimum Gasteiger partial charge on any atom is -0.458 e. The van der Waals surface area contributed by atoms with E-state index in [1.54, 1.807) is 0 Å². The summed E-state index contributed by atoms with van der Waals surface area (Å²) in [6, 6.07) is 4.46. The van der Waals surface area contributed by atoms with Gasteiger partial charge in [-0.15, -0.1) is 0 Å². The van der Waals surface area contributed by atoms with Crippen LogP contribution in [0.4, 0.5) is 27.6 Å². The molecule has 0 radical (unpaired) electrons. The minimum atomic E-state index is -4.88. The monoisotopic (exact) mass is 381 g/mol. The van der Waals surface area contributed by atoms with Gasteiger partial charge in [-0.1, -0.05) is 0 Å². The molecule has 0 amide bonds. The van der Waals surface area contributed by atoms with E-state index in [0.717, 1.165) is 24.3 Å². The first-order valence-corrected chi connectivity index (χ1v) is 7.58. The lowest BCUT2D eigenvalue weighted by Crippen LogP contribution is -2.48. The van der Waals surface area contributed by atoms with E-state index in [9.17, 15) is 31.9 Å². The van der Waals surface area contributed by atoms with E-state index in [4.69, 9.17) is 11.3 Å².